The Labute approximate surface area is 112 Å². The van der Waals surface area contributed by atoms with Gasteiger partial charge in [0.15, 0.2) is 5.82 Å². The molecule has 0 aromatic carbocycles. The van der Waals surface area contributed by atoms with Crippen LogP contribution < -0.4 is 5.32 Å². The number of nitrogens with one attached hydrogen (secondary N) is 1. The minimum atomic E-state index is -0.0448. The molecule has 2 aliphatic rings. The summed E-state index contributed by atoms with van der Waals surface area (Å²) >= 11 is 0. The average Bonchev–Trinajstić information content (AvgIpc) is 2.94. The number of fused-ring (bicyclic) bond motifs is 1. The number of nitrogens with zero attached hydrogens (tertiary/aromatic N) is 5. The van der Waals surface area contributed by atoms with Crippen LogP contribution in [0.15, 0.2) is 6.33 Å². The summed E-state index contributed by atoms with van der Waals surface area (Å²) in [7, 11) is 0. The van der Waals surface area contributed by atoms with Gasteiger partial charge in [0, 0.05) is 39.3 Å². The van der Waals surface area contributed by atoms with Crippen molar-refractivity contribution in [3.8, 4) is 0 Å². The van der Waals surface area contributed by atoms with Crippen LogP contribution in [-0.4, -0.2) is 69.2 Å². The summed E-state index contributed by atoms with van der Waals surface area (Å²) in [6, 6.07) is -0.0448. The number of carbonyl (C=O) groups excluding carboxylic acids is 1. The second-order valence-corrected chi connectivity index (χ2v) is 5.16. The third-order valence-electron chi connectivity index (χ3n) is 4.01. The Hall–Kier alpha value is -1.47. The maximum absolute atomic E-state index is 12.5. The summed E-state index contributed by atoms with van der Waals surface area (Å²) in [4.78, 5) is 16.7. The first-order chi connectivity index (χ1) is 9.25. The Morgan fingerprint density at radius 2 is 2.11 bits per heavy atom. The van der Waals surface area contributed by atoms with Crippen LogP contribution in [-0.2, 0) is 17.9 Å². The van der Waals surface area contributed by atoms with E-state index in [1.807, 2.05) is 16.4 Å². The fourth-order valence-electron chi connectivity index (χ4n) is 2.74. The molecule has 104 valence electrons. The van der Waals surface area contributed by atoms with Crippen LogP contribution in [0.25, 0.3) is 0 Å². The van der Waals surface area contributed by atoms with Gasteiger partial charge < -0.3 is 14.8 Å². The smallest absolute Gasteiger partial charge is 0.240 e. The number of amides is 1. The fraction of sp³-hybridized carbons (Fsp3) is 0.750. The van der Waals surface area contributed by atoms with E-state index in [2.05, 4.69) is 20.4 Å². The Morgan fingerprint density at radius 1 is 1.32 bits per heavy atom. The zero-order chi connectivity index (χ0) is 13.2. The van der Waals surface area contributed by atoms with Gasteiger partial charge in [0.05, 0.1) is 12.6 Å². The molecule has 0 aliphatic carbocycles. The van der Waals surface area contributed by atoms with Gasteiger partial charge in [0.2, 0.25) is 5.91 Å². The molecule has 7 nitrogen and oxygen atoms in total. The molecule has 0 saturated carbocycles. The van der Waals surface area contributed by atoms with Crippen molar-refractivity contribution in [2.24, 2.45) is 0 Å². The quantitative estimate of drug-likeness (QED) is 0.735. The van der Waals surface area contributed by atoms with E-state index in [-0.39, 0.29) is 11.9 Å². The normalized spacial score (nSPS) is 22.1. The molecule has 0 radical (unpaired) electrons. The van der Waals surface area contributed by atoms with E-state index in [0.29, 0.717) is 6.54 Å². The molecule has 0 bridgehead atoms. The highest BCUT2D eigenvalue weighted by atomic mass is 16.2. The van der Waals surface area contributed by atoms with Crippen LogP contribution in [0.4, 0.5) is 0 Å². The van der Waals surface area contributed by atoms with Crippen LogP contribution in [0.1, 0.15) is 12.7 Å². The summed E-state index contributed by atoms with van der Waals surface area (Å²) in [6.07, 6.45) is 1.73. The number of hydrogen-bond donors (Lipinski definition) is 1. The molecule has 7 heteroatoms. The van der Waals surface area contributed by atoms with Crippen molar-refractivity contribution in [2.75, 3.05) is 32.7 Å². The molecule has 1 unspecified atom stereocenters. The lowest BCUT2D eigenvalue weighted by Crippen LogP contribution is -2.54. The zero-order valence-corrected chi connectivity index (χ0v) is 11.2. The van der Waals surface area contributed by atoms with E-state index in [1.54, 1.807) is 6.33 Å². The highest BCUT2D eigenvalue weighted by Crippen LogP contribution is 2.13. The second-order valence-electron chi connectivity index (χ2n) is 5.16. The van der Waals surface area contributed by atoms with Gasteiger partial charge >= 0.3 is 0 Å². The van der Waals surface area contributed by atoms with Gasteiger partial charge in [-0.15, -0.1) is 10.2 Å². The number of rotatable bonds is 2. The lowest BCUT2D eigenvalue weighted by Gasteiger charge is -2.36. The molecule has 1 atom stereocenters. The molecular formula is C12H20N6O. The van der Waals surface area contributed by atoms with E-state index in [4.69, 9.17) is 0 Å². The Kier molecular flexibility index (Phi) is 3.48. The van der Waals surface area contributed by atoms with E-state index < -0.39 is 0 Å². The number of piperazine rings is 1. The number of aromatic nitrogens is 3. The number of carbonyl (C=O) groups is 1. The number of hydrogen-bond acceptors (Lipinski definition) is 5. The van der Waals surface area contributed by atoms with Gasteiger partial charge in [-0.25, -0.2) is 0 Å². The molecule has 1 aromatic heterocycles. The van der Waals surface area contributed by atoms with Crippen molar-refractivity contribution in [3.63, 3.8) is 0 Å². The standard InChI is InChI=1S/C12H20N6O/c1-10(16-4-2-13-3-5-16)12(19)17-6-7-18-9-14-15-11(18)8-17/h9-10,13H,2-8H2,1H3. The first kappa shape index (κ1) is 12.6. The Balaban J connectivity index is 1.64. The summed E-state index contributed by atoms with van der Waals surface area (Å²) in [5.41, 5.74) is 0. The maximum Gasteiger partial charge on any atom is 0.240 e. The van der Waals surface area contributed by atoms with E-state index in [1.165, 1.54) is 0 Å². The topological polar surface area (TPSA) is 66.3 Å². The zero-order valence-electron chi connectivity index (χ0n) is 11.2. The molecule has 1 saturated heterocycles. The van der Waals surface area contributed by atoms with Crippen molar-refractivity contribution in [1.29, 1.82) is 0 Å². The molecule has 1 fully saturated rings. The van der Waals surface area contributed by atoms with Crippen molar-refractivity contribution in [1.82, 2.24) is 29.9 Å². The Morgan fingerprint density at radius 3 is 2.89 bits per heavy atom. The van der Waals surface area contributed by atoms with Gasteiger partial charge in [-0.1, -0.05) is 0 Å². The maximum atomic E-state index is 12.5. The van der Waals surface area contributed by atoms with Crippen LogP contribution in [0.2, 0.25) is 0 Å². The molecule has 0 spiro atoms. The van der Waals surface area contributed by atoms with Crippen molar-refractivity contribution in [3.05, 3.63) is 12.2 Å². The average molecular weight is 264 g/mol. The minimum absolute atomic E-state index is 0.0448. The predicted molar refractivity (Wildman–Crippen MR) is 69.3 cm³/mol. The van der Waals surface area contributed by atoms with E-state index in [9.17, 15) is 4.79 Å². The first-order valence-corrected chi connectivity index (χ1v) is 6.86. The second kappa shape index (κ2) is 5.26. The van der Waals surface area contributed by atoms with Gasteiger partial charge in [-0.05, 0) is 6.92 Å². The van der Waals surface area contributed by atoms with Gasteiger partial charge in [0.1, 0.15) is 6.33 Å². The van der Waals surface area contributed by atoms with Crippen molar-refractivity contribution >= 4 is 5.91 Å². The molecule has 2 aliphatic heterocycles. The van der Waals surface area contributed by atoms with Crippen LogP contribution >= 0.6 is 0 Å². The molecule has 1 N–H and O–H groups in total. The van der Waals surface area contributed by atoms with E-state index in [0.717, 1.165) is 45.1 Å². The monoisotopic (exact) mass is 264 g/mol. The molecular weight excluding hydrogens is 244 g/mol. The summed E-state index contributed by atoms with van der Waals surface area (Å²) in [5.74, 6) is 1.09. The predicted octanol–water partition coefficient (Wildman–Crippen LogP) is -1.09. The minimum Gasteiger partial charge on any atom is -0.332 e. The van der Waals surface area contributed by atoms with Crippen LogP contribution in [0.3, 0.4) is 0 Å². The third kappa shape index (κ3) is 2.48. The van der Waals surface area contributed by atoms with Gasteiger partial charge in [-0.2, -0.15) is 0 Å². The van der Waals surface area contributed by atoms with Crippen molar-refractivity contribution < 1.29 is 4.79 Å². The van der Waals surface area contributed by atoms with Crippen molar-refractivity contribution in [2.45, 2.75) is 26.1 Å². The highest BCUT2D eigenvalue weighted by Gasteiger charge is 2.29. The third-order valence-corrected chi connectivity index (χ3v) is 4.01. The lowest BCUT2D eigenvalue weighted by molar-refractivity contribution is -0.138. The summed E-state index contributed by atoms with van der Waals surface area (Å²) < 4.78 is 2.01. The van der Waals surface area contributed by atoms with Gasteiger partial charge in [0.25, 0.3) is 0 Å². The largest absolute Gasteiger partial charge is 0.332 e. The fourth-order valence-corrected chi connectivity index (χ4v) is 2.74. The molecule has 3 rings (SSSR count). The SMILES string of the molecule is CC(C(=O)N1CCn2cnnc2C1)N1CCNCC1. The molecule has 1 amide bonds. The molecule has 19 heavy (non-hydrogen) atoms. The summed E-state index contributed by atoms with van der Waals surface area (Å²) in [5, 5.41) is 11.3. The van der Waals surface area contributed by atoms with Crippen LogP contribution in [0, 0.1) is 0 Å². The molecule has 1 aromatic rings. The van der Waals surface area contributed by atoms with Gasteiger partial charge in [-0.3, -0.25) is 9.69 Å². The summed E-state index contributed by atoms with van der Waals surface area (Å²) in [6.45, 7) is 7.94. The lowest BCUT2D eigenvalue weighted by atomic mass is 10.2. The Bertz CT molecular complexity index is 453. The van der Waals surface area contributed by atoms with E-state index >= 15 is 0 Å². The van der Waals surface area contributed by atoms with Crippen LogP contribution in [0.5, 0.6) is 0 Å². The first-order valence-electron chi connectivity index (χ1n) is 6.86. The highest BCUT2D eigenvalue weighted by molar-refractivity contribution is 5.81. The molecule has 3 heterocycles.